The summed E-state index contributed by atoms with van der Waals surface area (Å²) in [7, 11) is 0. The topological polar surface area (TPSA) is 77.8 Å². The van der Waals surface area contributed by atoms with Gasteiger partial charge in [-0.05, 0) is 61.7 Å². The first-order valence-corrected chi connectivity index (χ1v) is 7.48. The number of carboxylic acids is 1. The van der Waals surface area contributed by atoms with Gasteiger partial charge in [-0.3, -0.25) is 0 Å². The van der Waals surface area contributed by atoms with Crippen LogP contribution < -0.4 is 0 Å². The molecule has 4 nitrogen and oxygen atoms in total. The van der Waals surface area contributed by atoms with Crippen LogP contribution in [0.25, 0.3) is 6.08 Å². The molecule has 0 amide bonds. The first-order valence-electron chi connectivity index (χ1n) is 7.48. The molecule has 0 bridgehead atoms. The number of hydrogen-bond acceptors (Lipinski definition) is 3. The first-order chi connectivity index (χ1) is 11.4. The molecular weight excluding hydrogens is 304 g/mol. The average molecular weight is 326 g/mol. The molecule has 0 radical (unpaired) electrons. The Kier molecular flexibility index (Phi) is 7.85. The Bertz CT molecular complexity index is 712. The Morgan fingerprint density at radius 1 is 1.04 bits per heavy atom. The van der Waals surface area contributed by atoms with Crippen LogP contribution in [0.15, 0.2) is 66.3 Å². The molecule has 0 aliphatic rings. The monoisotopic (exact) mass is 326 g/mol. The molecule has 0 saturated carbocycles. The summed E-state index contributed by atoms with van der Waals surface area (Å²) in [4.78, 5) is 10.4. The molecule has 0 unspecified atom stereocenters. The lowest BCUT2D eigenvalue weighted by molar-refractivity contribution is -0.131. The molecule has 0 heterocycles. The fourth-order valence-corrected chi connectivity index (χ4v) is 1.78. The molecule has 3 N–H and O–H groups in total. The second-order valence-electron chi connectivity index (χ2n) is 5.38. The fraction of sp³-hybridized carbons (Fsp3) is 0.150. The van der Waals surface area contributed by atoms with Gasteiger partial charge < -0.3 is 15.3 Å². The van der Waals surface area contributed by atoms with Gasteiger partial charge in [-0.2, -0.15) is 0 Å². The molecule has 24 heavy (non-hydrogen) atoms. The lowest BCUT2D eigenvalue weighted by atomic mass is 10.1. The molecule has 126 valence electrons. The molecule has 0 saturated heterocycles. The van der Waals surface area contributed by atoms with Gasteiger partial charge in [-0.1, -0.05) is 35.9 Å². The Morgan fingerprint density at radius 3 is 2.21 bits per heavy atom. The largest absolute Gasteiger partial charge is 0.508 e. The summed E-state index contributed by atoms with van der Waals surface area (Å²) in [5.74, 6) is -0.429. The van der Waals surface area contributed by atoms with Gasteiger partial charge in [0.25, 0.3) is 0 Å². The molecule has 2 rings (SSSR count). The van der Waals surface area contributed by atoms with E-state index < -0.39 is 5.97 Å². The van der Waals surface area contributed by atoms with Gasteiger partial charge in [0.15, 0.2) is 0 Å². The maximum atomic E-state index is 10.4. The second kappa shape index (κ2) is 9.90. The van der Waals surface area contributed by atoms with Crippen molar-refractivity contribution in [2.45, 2.75) is 20.3 Å². The zero-order valence-electron chi connectivity index (χ0n) is 13.8. The molecule has 0 atom stereocenters. The Morgan fingerprint density at radius 2 is 1.71 bits per heavy atom. The number of aromatic hydroxyl groups is 2. The van der Waals surface area contributed by atoms with E-state index in [1.807, 2.05) is 26.0 Å². The van der Waals surface area contributed by atoms with Crippen LogP contribution in [0.1, 0.15) is 25.0 Å². The molecule has 0 aliphatic carbocycles. The summed E-state index contributed by atoms with van der Waals surface area (Å²) < 4.78 is 0. The minimum atomic E-state index is -0.982. The molecule has 2 aromatic carbocycles. The summed E-state index contributed by atoms with van der Waals surface area (Å²) >= 11 is 0. The third-order valence-electron chi connectivity index (χ3n) is 3.01. The molecule has 0 aromatic heterocycles. The highest BCUT2D eigenvalue weighted by atomic mass is 16.4. The summed E-state index contributed by atoms with van der Waals surface area (Å²) in [6.45, 7) is 3.98. The number of rotatable bonds is 4. The SMILES string of the molecule is CC(C)=CCc1cc(/C=C/C(=O)O)ccc1O.Oc1ccccc1. The molecule has 0 aliphatic heterocycles. The maximum absolute atomic E-state index is 10.4. The summed E-state index contributed by atoms with van der Waals surface area (Å²) in [5, 5.41) is 26.8. The minimum absolute atomic E-state index is 0.231. The lowest BCUT2D eigenvalue weighted by Gasteiger charge is -2.03. The van der Waals surface area contributed by atoms with E-state index in [0.717, 1.165) is 17.2 Å². The maximum Gasteiger partial charge on any atom is 0.328 e. The van der Waals surface area contributed by atoms with Crippen molar-refractivity contribution < 1.29 is 20.1 Å². The van der Waals surface area contributed by atoms with Gasteiger partial charge in [-0.15, -0.1) is 0 Å². The number of benzene rings is 2. The Balaban J connectivity index is 0.000000341. The van der Waals surface area contributed by atoms with E-state index in [-0.39, 0.29) is 5.75 Å². The van der Waals surface area contributed by atoms with E-state index in [2.05, 4.69) is 0 Å². The van der Waals surface area contributed by atoms with Crippen molar-refractivity contribution in [3.63, 3.8) is 0 Å². The van der Waals surface area contributed by atoms with E-state index in [1.54, 1.807) is 42.5 Å². The van der Waals surface area contributed by atoms with Crippen molar-refractivity contribution in [1.82, 2.24) is 0 Å². The number of phenols is 2. The predicted octanol–water partition coefficient (Wildman–Crippen LogP) is 4.39. The number of carboxylic acid groups (broad SMARTS) is 1. The van der Waals surface area contributed by atoms with E-state index in [4.69, 9.17) is 10.2 Å². The van der Waals surface area contributed by atoms with E-state index in [0.29, 0.717) is 12.2 Å². The number of carbonyl (C=O) groups is 1. The summed E-state index contributed by atoms with van der Waals surface area (Å²) in [6.07, 6.45) is 5.24. The van der Waals surface area contributed by atoms with Crippen molar-refractivity contribution in [3.8, 4) is 11.5 Å². The van der Waals surface area contributed by atoms with Crippen LogP contribution >= 0.6 is 0 Å². The predicted molar refractivity (Wildman–Crippen MR) is 96.0 cm³/mol. The smallest absolute Gasteiger partial charge is 0.328 e. The average Bonchev–Trinajstić information content (AvgIpc) is 2.54. The van der Waals surface area contributed by atoms with Gasteiger partial charge in [0, 0.05) is 6.08 Å². The first kappa shape index (κ1) is 19.0. The van der Waals surface area contributed by atoms with Crippen LogP contribution in [0.5, 0.6) is 11.5 Å². The highest BCUT2D eigenvalue weighted by Gasteiger charge is 2.00. The van der Waals surface area contributed by atoms with Crippen molar-refractivity contribution in [2.24, 2.45) is 0 Å². The van der Waals surface area contributed by atoms with Crippen molar-refractivity contribution in [3.05, 3.63) is 77.4 Å². The van der Waals surface area contributed by atoms with Crippen molar-refractivity contribution >= 4 is 12.0 Å². The van der Waals surface area contributed by atoms with Gasteiger partial charge in [0.05, 0.1) is 0 Å². The van der Waals surface area contributed by atoms with Crippen molar-refractivity contribution in [2.75, 3.05) is 0 Å². The normalized spacial score (nSPS) is 9.92. The lowest BCUT2D eigenvalue weighted by Crippen LogP contribution is -1.88. The number of aliphatic carboxylic acids is 1. The number of hydrogen-bond donors (Lipinski definition) is 3. The highest BCUT2D eigenvalue weighted by Crippen LogP contribution is 2.20. The van der Waals surface area contributed by atoms with Crippen LogP contribution in [0.3, 0.4) is 0 Å². The Labute approximate surface area is 142 Å². The van der Waals surface area contributed by atoms with Crippen LogP contribution in [-0.2, 0) is 11.2 Å². The fourth-order valence-electron chi connectivity index (χ4n) is 1.78. The van der Waals surface area contributed by atoms with Crippen LogP contribution in [0.2, 0.25) is 0 Å². The van der Waals surface area contributed by atoms with Gasteiger partial charge >= 0.3 is 5.97 Å². The van der Waals surface area contributed by atoms with Crippen LogP contribution in [-0.4, -0.2) is 21.3 Å². The zero-order valence-corrected chi connectivity index (χ0v) is 13.8. The van der Waals surface area contributed by atoms with Gasteiger partial charge in [0.1, 0.15) is 11.5 Å². The standard InChI is InChI=1S/C14H16O3.C6H6O/c1-10(2)3-6-12-9-11(4-7-13(12)15)5-8-14(16)17;7-6-4-2-1-3-5-6/h3-5,7-9,15H,6H2,1-2H3,(H,16,17);1-5,7H/b8-5+;. The highest BCUT2D eigenvalue weighted by molar-refractivity contribution is 5.85. The van der Waals surface area contributed by atoms with Gasteiger partial charge in [-0.25, -0.2) is 4.79 Å². The molecule has 0 fully saturated rings. The summed E-state index contributed by atoms with van der Waals surface area (Å²) in [6, 6.07) is 13.8. The summed E-state index contributed by atoms with van der Waals surface area (Å²) in [5.41, 5.74) is 2.73. The Hall–Kier alpha value is -3.01. The van der Waals surface area contributed by atoms with E-state index >= 15 is 0 Å². The quantitative estimate of drug-likeness (QED) is 0.575. The number of para-hydroxylation sites is 1. The van der Waals surface area contributed by atoms with Crippen LogP contribution in [0.4, 0.5) is 0 Å². The zero-order chi connectivity index (χ0) is 17.9. The third kappa shape index (κ3) is 7.84. The third-order valence-corrected chi connectivity index (χ3v) is 3.01. The second-order valence-corrected chi connectivity index (χ2v) is 5.38. The van der Waals surface area contributed by atoms with Gasteiger partial charge in [0.2, 0.25) is 0 Å². The number of allylic oxidation sites excluding steroid dienone is 2. The molecule has 0 spiro atoms. The minimum Gasteiger partial charge on any atom is -0.508 e. The molecular formula is C20H22O4. The molecule has 4 heteroatoms. The van der Waals surface area contributed by atoms with Crippen LogP contribution in [0, 0.1) is 0 Å². The van der Waals surface area contributed by atoms with E-state index in [1.165, 1.54) is 11.6 Å². The number of phenolic OH excluding ortho intramolecular Hbond substituents is 2. The molecule has 2 aromatic rings. The van der Waals surface area contributed by atoms with E-state index in [9.17, 15) is 9.90 Å². The van der Waals surface area contributed by atoms with Crippen molar-refractivity contribution in [1.29, 1.82) is 0 Å².